The van der Waals surface area contributed by atoms with E-state index in [9.17, 15) is 4.79 Å². The summed E-state index contributed by atoms with van der Waals surface area (Å²) in [6, 6.07) is 5.63. The van der Waals surface area contributed by atoms with Gasteiger partial charge in [-0.1, -0.05) is 0 Å². The summed E-state index contributed by atoms with van der Waals surface area (Å²) in [6.45, 7) is 0.738. The van der Waals surface area contributed by atoms with E-state index >= 15 is 0 Å². The first-order valence-electron chi connectivity index (χ1n) is 7.58. The Labute approximate surface area is 131 Å². The second-order valence-electron chi connectivity index (χ2n) is 5.66. The third kappa shape index (κ3) is 4.23. The predicted octanol–water partition coefficient (Wildman–Crippen LogP) is 3.01. The van der Waals surface area contributed by atoms with E-state index < -0.39 is 5.97 Å². The summed E-state index contributed by atoms with van der Waals surface area (Å²) in [5.41, 5.74) is 0.919. The van der Waals surface area contributed by atoms with E-state index in [1.807, 2.05) is 24.4 Å². The van der Waals surface area contributed by atoms with Gasteiger partial charge in [0.2, 0.25) is 0 Å². The molecule has 1 aliphatic rings. The Kier molecular flexibility index (Phi) is 5.81. The molecule has 1 aromatic rings. The molecule has 0 unspecified atom stereocenters. The minimum Gasteiger partial charge on any atom is -0.497 e. The first kappa shape index (κ1) is 16.3. The van der Waals surface area contributed by atoms with E-state index in [0.717, 1.165) is 49.3 Å². The molecule has 2 rings (SSSR count). The zero-order chi connectivity index (χ0) is 15.9. The minimum atomic E-state index is -0.662. The van der Waals surface area contributed by atoms with Crippen LogP contribution in [0.5, 0.6) is 11.5 Å². The summed E-state index contributed by atoms with van der Waals surface area (Å²) in [6.07, 6.45) is 5.23. The molecule has 1 N–H and O–H groups in total. The fraction of sp³-hybridized carbons (Fsp3) is 0.529. The first-order chi connectivity index (χ1) is 10.6. The van der Waals surface area contributed by atoms with Gasteiger partial charge < -0.3 is 14.6 Å². The van der Waals surface area contributed by atoms with Gasteiger partial charge in [-0.25, -0.2) is 0 Å². The van der Waals surface area contributed by atoms with Crippen molar-refractivity contribution in [1.29, 1.82) is 0 Å². The van der Waals surface area contributed by atoms with Crippen molar-refractivity contribution in [2.45, 2.75) is 25.7 Å². The Morgan fingerprint density at radius 2 is 2.00 bits per heavy atom. The van der Waals surface area contributed by atoms with Gasteiger partial charge in [-0.15, -0.1) is 0 Å². The van der Waals surface area contributed by atoms with Crippen molar-refractivity contribution in [3.05, 3.63) is 23.8 Å². The van der Waals surface area contributed by atoms with Crippen LogP contribution in [-0.4, -0.2) is 38.1 Å². The summed E-state index contributed by atoms with van der Waals surface area (Å²) < 4.78 is 10.5. The standard InChI is InChI=1S/C17H23NO4/c1-21-15-8-7-14(16(9-15)22-2)11-18-10-12-3-5-13(6-4-12)17(19)20/h7-9,11-13H,3-6,10H2,1-2H3,(H,19,20). The summed E-state index contributed by atoms with van der Waals surface area (Å²) in [7, 11) is 3.25. The van der Waals surface area contributed by atoms with E-state index in [1.54, 1.807) is 14.2 Å². The third-order valence-electron chi connectivity index (χ3n) is 4.23. The van der Waals surface area contributed by atoms with Crippen LogP contribution in [0.3, 0.4) is 0 Å². The number of methoxy groups -OCH3 is 2. The van der Waals surface area contributed by atoms with Crippen LogP contribution in [0.15, 0.2) is 23.2 Å². The van der Waals surface area contributed by atoms with Gasteiger partial charge in [0, 0.05) is 24.4 Å². The molecule has 5 nitrogen and oxygen atoms in total. The second kappa shape index (κ2) is 7.82. The smallest absolute Gasteiger partial charge is 0.306 e. The van der Waals surface area contributed by atoms with Gasteiger partial charge in [0.15, 0.2) is 0 Å². The summed E-state index contributed by atoms with van der Waals surface area (Å²) in [5, 5.41) is 9.00. The van der Waals surface area contributed by atoms with Crippen LogP contribution < -0.4 is 9.47 Å². The number of carbonyl (C=O) groups is 1. The average Bonchev–Trinajstić information content (AvgIpc) is 2.55. The summed E-state index contributed by atoms with van der Waals surface area (Å²) >= 11 is 0. The van der Waals surface area contributed by atoms with E-state index in [0.29, 0.717) is 5.92 Å². The maximum atomic E-state index is 10.9. The number of carboxylic acid groups (broad SMARTS) is 1. The van der Waals surface area contributed by atoms with Crippen molar-refractivity contribution in [3.63, 3.8) is 0 Å². The van der Waals surface area contributed by atoms with Gasteiger partial charge in [-0.2, -0.15) is 0 Å². The number of carboxylic acids is 1. The molecule has 22 heavy (non-hydrogen) atoms. The fourth-order valence-electron chi connectivity index (χ4n) is 2.82. The number of aliphatic imine (C=N–C) groups is 1. The Bertz CT molecular complexity index is 533. The Balaban J connectivity index is 1.89. The number of hydrogen-bond donors (Lipinski definition) is 1. The molecule has 1 aliphatic carbocycles. The highest BCUT2D eigenvalue weighted by Gasteiger charge is 2.25. The number of aliphatic carboxylic acids is 1. The van der Waals surface area contributed by atoms with E-state index in [1.165, 1.54) is 0 Å². The zero-order valence-corrected chi connectivity index (χ0v) is 13.1. The van der Waals surface area contributed by atoms with Crippen molar-refractivity contribution >= 4 is 12.2 Å². The molecule has 0 atom stereocenters. The quantitative estimate of drug-likeness (QED) is 0.820. The van der Waals surface area contributed by atoms with Crippen molar-refractivity contribution < 1.29 is 19.4 Å². The second-order valence-corrected chi connectivity index (χ2v) is 5.66. The average molecular weight is 305 g/mol. The summed E-state index contributed by atoms with van der Waals surface area (Å²) in [5.74, 6) is 1.14. The van der Waals surface area contributed by atoms with Crippen molar-refractivity contribution in [2.75, 3.05) is 20.8 Å². The molecule has 0 radical (unpaired) electrons. The van der Waals surface area contributed by atoms with E-state index in [2.05, 4.69) is 4.99 Å². The van der Waals surface area contributed by atoms with Gasteiger partial charge in [0.1, 0.15) is 11.5 Å². The maximum absolute atomic E-state index is 10.9. The highest BCUT2D eigenvalue weighted by Crippen LogP contribution is 2.29. The molecule has 120 valence electrons. The Hall–Kier alpha value is -2.04. The molecule has 0 heterocycles. The number of benzene rings is 1. The number of ether oxygens (including phenoxy) is 2. The topological polar surface area (TPSA) is 68.1 Å². The van der Waals surface area contributed by atoms with Crippen LogP contribution in [0, 0.1) is 11.8 Å². The molecule has 1 aromatic carbocycles. The molecule has 0 saturated heterocycles. The van der Waals surface area contributed by atoms with Crippen molar-refractivity contribution in [1.82, 2.24) is 0 Å². The van der Waals surface area contributed by atoms with E-state index in [-0.39, 0.29) is 5.92 Å². The van der Waals surface area contributed by atoms with Gasteiger partial charge in [-0.05, 0) is 43.7 Å². The molecule has 0 aliphatic heterocycles. The Morgan fingerprint density at radius 1 is 1.27 bits per heavy atom. The fourth-order valence-corrected chi connectivity index (χ4v) is 2.82. The molecule has 0 aromatic heterocycles. The molecule has 0 spiro atoms. The molecule has 1 saturated carbocycles. The third-order valence-corrected chi connectivity index (χ3v) is 4.23. The van der Waals surface area contributed by atoms with Crippen molar-refractivity contribution in [3.8, 4) is 11.5 Å². The van der Waals surface area contributed by atoms with Crippen LogP contribution in [0.1, 0.15) is 31.2 Å². The SMILES string of the molecule is COc1ccc(C=NCC2CCC(C(=O)O)CC2)c(OC)c1. The van der Waals surface area contributed by atoms with E-state index in [4.69, 9.17) is 14.6 Å². The number of nitrogens with zero attached hydrogens (tertiary/aromatic N) is 1. The predicted molar refractivity (Wildman–Crippen MR) is 85.1 cm³/mol. The molecular formula is C17H23NO4. The number of hydrogen-bond acceptors (Lipinski definition) is 4. The monoisotopic (exact) mass is 305 g/mol. The van der Waals surface area contributed by atoms with Crippen LogP contribution in [0.25, 0.3) is 0 Å². The lowest BCUT2D eigenvalue weighted by Gasteiger charge is -2.24. The lowest BCUT2D eigenvalue weighted by Crippen LogP contribution is -2.22. The lowest BCUT2D eigenvalue weighted by atomic mass is 9.82. The highest BCUT2D eigenvalue weighted by molar-refractivity contribution is 5.84. The first-order valence-corrected chi connectivity index (χ1v) is 7.58. The maximum Gasteiger partial charge on any atom is 0.306 e. The Morgan fingerprint density at radius 3 is 2.59 bits per heavy atom. The minimum absolute atomic E-state index is 0.165. The van der Waals surface area contributed by atoms with Gasteiger partial charge in [0.05, 0.1) is 20.1 Å². The van der Waals surface area contributed by atoms with Crippen LogP contribution >= 0.6 is 0 Å². The zero-order valence-electron chi connectivity index (χ0n) is 13.1. The molecule has 1 fully saturated rings. The molecule has 0 amide bonds. The van der Waals surface area contributed by atoms with Gasteiger partial charge in [-0.3, -0.25) is 9.79 Å². The van der Waals surface area contributed by atoms with Crippen molar-refractivity contribution in [2.24, 2.45) is 16.8 Å². The summed E-state index contributed by atoms with van der Waals surface area (Å²) in [4.78, 5) is 15.4. The lowest BCUT2D eigenvalue weighted by molar-refractivity contribution is -0.143. The highest BCUT2D eigenvalue weighted by atomic mass is 16.5. The van der Waals surface area contributed by atoms with Crippen LogP contribution in [0.2, 0.25) is 0 Å². The van der Waals surface area contributed by atoms with Gasteiger partial charge in [0.25, 0.3) is 0 Å². The van der Waals surface area contributed by atoms with Gasteiger partial charge >= 0.3 is 5.97 Å². The molecule has 0 bridgehead atoms. The largest absolute Gasteiger partial charge is 0.497 e. The van der Waals surface area contributed by atoms with Crippen LogP contribution in [0.4, 0.5) is 0 Å². The normalized spacial score (nSPS) is 21.7. The molecular weight excluding hydrogens is 282 g/mol. The number of rotatable bonds is 6. The van der Waals surface area contributed by atoms with Crippen LogP contribution in [-0.2, 0) is 4.79 Å². The molecule has 5 heteroatoms.